The molecular formula is C15H8Cl3N3OS. The average molecular weight is 385 g/mol. The van der Waals surface area contributed by atoms with E-state index >= 15 is 0 Å². The fraction of sp³-hybridized carbons (Fsp3) is 0. The minimum atomic E-state index is -0.354. The highest BCUT2D eigenvalue weighted by atomic mass is 35.5. The van der Waals surface area contributed by atoms with Crippen molar-refractivity contribution in [3.8, 4) is 11.3 Å². The molecule has 2 aromatic heterocycles. The van der Waals surface area contributed by atoms with Crippen LogP contribution in [-0.2, 0) is 0 Å². The number of halogens is 3. The molecule has 0 aliphatic carbocycles. The van der Waals surface area contributed by atoms with Gasteiger partial charge in [-0.3, -0.25) is 10.1 Å². The van der Waals surface area contributed by atoms with Crippen molar-refractivity contribution in [3.05, 3.63) is 62.7 Å². The van der Waals surface area contributed by atoms with Gasteiger partial charge in [0.1, 0.15) is 5.15 Å². The lowest BCUT2D eigenvalue weighted by Gasteiger charge is -2.02. The van der Waals surface area contributed by atoms with E-state index in [0.29, 0.717) is 15.7 Å². The van der Waals surface area contributed by atoms with Gasteiger partial charge in [-0.2, -0.15) is 0 Å². The molecular weight excluding hydrogens is 377 g/mol. The molecule has 0 saturated heterocycles. The molecule has 4 nitrogen and oxygen atoms in total. The summed E-state index contributed by atoms with van der Waals surface area (Å²) >= 11 is 18.8. The van der Waals surface area contributed by atoms with Gasteiger partial charge in [0, 0.05) is 22.2 Å². The van der Waals surface area contributed by atoms with Gasteiger partial charge in [0.2, 0.25) is 0 Å². The molecule has 116 valence electrons. The SMILES string of the molecule is O=C(Nc1nc(-c2ccc(Cl)cc2)cs1)c1cnc(Cl)c(Cl)c1. The summed E-state index contributed by atoms with van der Waals surface area (Å²) in [6.07, 6.45) is 1.36. The summed E-state index contributed by atoms with van der Waals surface area (Å²) in [5, 5.41) is 6.07. The number of amides is 1. The first-order valence-electron chi connectivity index (χ1n) is 6.37. The second kappa shape index (κ2) is 6.84. The fourth-order valence-electron chi connectivity index (χ4n) is 1.80. The van der Waals surface area contributed by atoms with Gasteiger partial charge in [0.25, 0.3) is 5.91 Å². The van der Waals surface area contributed by atoms with Crippen LogP contribution in [0.25, 0.3) is 11.3 Å². The Bertz CT molecular complexity index is 865. The molecule has 1 aromatic carbocycles. The summed E-state index contributed by atoms with van der Waals surface area (Å²) < 4.78 is 0. The number of rotatable bonds is 3. The smallest absolute Gasteiger partial charge is 0.259 e. The van der Waals surface area contributed by atoms with Crippen LogP contribution in [0.15, 0.2) is 41.9 Å². The Morgan fingerprint density at radius 3 is 2.57 bits per heavy atom. The Labute approximate surface area is 151 Å². The topological polar surface area (TPSA) is 54.9 Å². The van der Waals surface area contributed by atoms with Crippen LogP contribution in [0, 0.1) is 0 Å². The third-order valence-electron chi connectivity index (χ3n) is 2.92. The molecule has 2 heterocycles. The lowest BCUT2D eigenvalue weighted by molar-refractivity contribution is 0.102. The van der Waals surface area contributed by atoms with Crippen LogP contribution in [0.2, 0.25) is 15.2 Å². The Balaban J connectivity index is 1.77. The first-order valence-corrected chi connectivity index (χ1v) is 8.38. The zero-order valence-electron chi connectivity index (χ0n) is 11.4. The molecule has 1 N–H and O–H groups in total. The Hall–Kier alpha value is -1.66. The molecule has 3 aromatic rings. The van der Waals surface area contributed by atoms with E-state index in [-0.39, 0.29) is 16.1 Å². The highest BCUT2D eigenvalue weighted by molar-refractivity contribution is 7.14. The van der Waals surface area contributed by atoms with Gasteiger partial charge in [-0.05, 0) is 18.2 Å². The number of carbonyl (C=O) groups is 1. The van der Waals surface area contributed by atoms with Gasteiger partial charge in [0.15, 0.2) is 5.13 Å². The maximum absolute atomic E-state index is 12.2. The molecule has 0 spiro atoms. The Kier molecular flexibility index (Phi) is 4.82. The standard InChI is InChI=1S/C15H8Cl3N3OS/c16-10-3-1-8(2-4-10)12-7-23-15(20-12)21-14(22)9-5-11(17)13(18)19-6-9/h1-7H,(H,20,21,22). The molecule has 23 heavy (non-hydrogen) atoms. The quantitative estimate of drug-likeness (QED) is 0.614. The molecule has 0 bridgehead atoms. The first kappa shape index (κ1) is 16.2. The summed E-state index contributed by atoms with van der Waals surface area (Å²) in [6.45, 7) is 0. The number of benzene rings is 1. The summed E-state index contributed by atoms with van der Waals surface area (Å²) in [5.41, 5.74) is 1.99. The van der Waals surface area contributed by atoms with Crippen LogP contribution in [0.5, 0.6) is 0 Å². The van der Waals surface area contributed by atoms with Crippen molar-refractivity contribution in [1.29, 1.82) is 0 Å². The van der Waals surface area contributed by atoms with Crippen LogP contribution in [0.1, 0.15) is 10.4 Å². The third-order valence-corrected chi connectivity index (χ3v) is 4.62. The monoisotopic (exact) mass is 383 g/mol. The van der Waals surface area contributed by atoms with Crippen molar-refractivity contribution in [2.75, 3.05) is 5.32 Å². The minimum absolute atomic E-state index is 0.155. The van der Waals surface area contributed by atoms with Crippen molar-refractivity contribution >= 4 is 57.2 Å². The molecule has 0 aliphatic heterocycles. The molecule has 8 heteroatoms. The van der Waals surface area contributed by atoms with Gasteiger partial charge in [-0.1, -0.05) is 46.9 Å². The molecule has 0 aliphatic rings. The molecule has 3 rings (SSSR count). The molecule has 1 amide bonds. The van der Waals surface area contributed by atoms with Crippen molar-refractivity contribution < 1.29 is 4.79 Å². The van der Waals surface area contributed by atoms with Crippen LogP contribution in [-0.4, -0.2) is 15.9 Å². The van der Waals surface area contributed by atoms with Gasteiger partial charge in [0.05, 0.1) is 16.3 Å². The van der Waals surface area contributed by atoms with Gasteiger partial charge < -0.3 is 0 Å². The van der Waals surface area contributed by atoms with E-state index in [0.717, 1.165) is 11.3 Å². The number of nitrogens with zero attached hydrogens (tertiary/aromatic N) is 2. The lowest BCUT2D eigenvalue weighted by atomic mass is 10.2. The van der Waals surface area contributed by atoms with E-state index in [1.165, 1.54) is 23.6 Å². The number of pyridine rings is 1. The van der Waals surface area contributed by atoms with Crippen molar-refractivity contribution in [2.24, 2.45) is 0 Å². The Morgan fingerprint density at radius 1 is 1.13 bits per heavy atom. The number of thiazole rings is 1. The summed E-state index contributed by atoms with van der Waals surface area (Å²) in [7, 11) is 0. The molecule has 0 atom stereocenters. The normalized spacial score (nSPS) is 10.6. The van der Waals surface area contributed by atoms with E-state index in [9.17, 15) is 4.79 Å². The largest absolute Gasteiger partial charge is 0.298 e. The van der Waals surface area contributed by atoms with Gasteiger partial charge in [-0.15, -0.1) is 11.3 Å². The summed E-state index contributed by atoms with van der Waals surface area (Å²) in [6, 6.07) is 8.77. The van der Waals surface area contributed by atoms with Crippen LogP contribution in [0.3, 0.4) is 0 Å². The Morgan fingerprint density at radius 2 is 1.87 bits per heavy atom. The van der Waals surface area contributed by atoms with Gasteiger partial charge >= 0.3 is 0 Å². The van der Waals surface area contributed by atoms with E-state index < -0.39 is 0 Å². The average Bonchev–Trinajstić information content (AvgIpc) is 2.99. The van der Waals surface area contributed by atoms with E-state index in [4.69, 9.17) is 34.8 Å². The second-order valence-corrected chi connectivity index (χ2v) is 6.56. The number of hydrogen-bond donors (Lipinski definition) is 1. The molecule has 0 unspecified atom stereocenters. The maximum Gasteiger partial charge on any atom is 0.259 e. The van der Waals surface area contributed by atoms with E-state index in [1.807, 2.05) is 17.5 Å². The summed E-state index contributed by atoms with van der Waals surface area (Å²) in [5.74, 6) is -0.354. The fourth-order valence-corrected chi connectivity index (χ4v) is 2.91. The molecule has 0 fully saturated rings. The van der Waals surface area contributed by atoms with Crippen molar-refractivity contribution in [1.82, 2.24) is 9.97 Å². The van der Waals surface area contributed by atoms with E-state index in [2.05, 4.69) is 15.3 Å². The highest BCUT2D eigenvalue weighted by Crippen LogP contribution is 2.26. The number of anilines is 1. The van der Waals surface area contributed by atoms with Crippen LogP contribution in [0.4, 0.5) is 5.13 Å². The number of hydrogen-bond acceptors (Lipinski definition) is 4. The zero-order chi connectivity index (χ0) is 16.4. The highest BCUT2D eigenvalue weighted by Gasteiger charge is 2.12. The van der Waals surface area contributed by atoms with Crippen molar-refractivity contribution in [2.45, 2.75) is 0 Å². The summed E-state index contributed by atoms with van der Waals surface area (Å²) in [4.78, 5) is 20.4. The minimum Gasteiger partial charge on any atom is -0.298 e. The molecule has 0 saturated carbocycles. The van der Waals surface area contributed by atoms with Crippen LogP contribution < -0.4 is 5.32 Å². The predicted octanol–water partition coefficient (Wildman–Crippen LogP) is 5.42. The van der Waals surface area contributed by atoms with Crippen LogP contribution >= 0.6 is 46.1 Å². The zero-order valence-corrected chi connectivity index (χ0v) is 14.5. The first-order chi connectivity index (χ1) is 11.0. The number of nitrogens with one attached hydrogen (secondary N) is 1. The van der Waals surface area contributed by atoms with E-state index in [1.54, 1.807) is 12.1 Å². The maximum atomic E-state index is 12.2. The lowest BCUT2D eigenvalue weighted by Crippen LogP contribution is -2.12. The number of carbonyl (C=O) groups excluding carboxylic acids is 1. The third kappa shape index (κ3) is 3.82. The van der Waals surface area contributed by atoms with Crippen molar-refractivity contribution in [3.63, 3.8) is 0 Å². The number of aromatic nitrogens is 2. The van der Waals surface area contributed by atoms with Gasteiger partial charge in [-0.25, -0.2) is 9.97 Å². The predicted molar refractivity (Wildman–Crippen MR) is 94.8 cm³/mol. The molecule has 0 radical (unpaired) electrons. The second-order valence-electron chi connectivity index (χ2n) is 4.50.